The van der Waals surface area contributed by atoms with Crippen LogP contribution < -0.4 is 4.90 Å². The highest BCUT2D eigenvalue weighted by Gasteiger charge is 2.26. The van der Waals surface area contributed by atoms with Gasteiger partial charge in [0, 0.05) is 31.5 Å². The van der Waals surface area contributed by atoms with Crippen LogP contribution in [0.25, 0.3) is 0 Å². The van der Waals surface area contributed by atoms with Gasteiger partial charge >= 0.3 is 0 Å². The third kappa shape index (κ3) is 2.50. The first-order valence-corrected chi connectivity index (χ1v) is 6.36. The van der Waals surface area contributed by atoms with E-state index in [4.69, 9.17) is 0 Å². The predicted molar refractivity (Wildman–Crippen MR) is 69.6 cm³/mol. The smallest absolute Gasteiger partial charge is 0.288 e. The first-order valence-electron chi connectivity index (χ1n) is 5.56. The van der Waals surface area contributed by atoms with Gasteiger partial charge in [0.25, 0.3) is 5.69 Å². The molecule has 0 amide bonds. The summed E-state index contributed by atoms with van der Waals surface area (Å²) in [4.78, 5) is 27.7. The minimum absolute atomic E-state index is 0.0253. The van der Waals surface area contributed by atoms with Gasteiger partial charge in [-0.25, -0.2) is 4.98 Å². The van der Waals surface area contributed by atoms with E-state index in [1.54, 1.807) is 0 Å². The largest absolute Gasteiger partial charge is 0.355 e. The Morgan fingerprint density at radius 2 is 2.33 bits per heavy atom. The second-order valence-electron chi connectivity index (χ2n) is 4.32. The third-order valence-electron chi connectivity index (χ3n) is 2.99. The van der Waals surface area contributed by atoms with E-state index in [1.807, 2.05) is 11.8 Å². The maximum Gasteiger partial charge on any atom is 0.288 e. The molecule has 96 valence electrons. The molecule has 1 aromatic heterocycles. The van der Waals surface area contributed by atoms with Crippen LogP contribution in [0.4, 0.5) is 11.5 Å². The second-order valence-corrected chi connectivity index (χ2v) is 5.17. The maximum atomic E-state index is 11.5. The van der Waals surface area contributed by atoms with Crippen LogP contribution in [-0.2, 0) is 4.79 Å². The molecule has 1 atom stereocenters. The summed E-state index contributed by atoms with van der Waals surface area (Å²) in [6.07, 6.45) is 1.73. The van der Waals surface area contributed by atoms with E-state index in [1.165, 1.54) is 12.3 Å². The summed E-state index contributed by atoms with van der Waals surface area (Å²) in [7, 11) is 0. The Morgan fingerprint density at radius 1 is 1.61 bits per heavy atom. The molecular formula is C11H12BrN3O3. The molecule has 1 fully saturated rings. The van der Waals surface area contributed by atoms with Crippen molar-refractivity contribution >= 4 is 33.2 Å². The Bertz CT molecular complexity index is 506. The van der Waals surface area contributed by atoms with Gasteiger partial charge in [-0.15, -0.1) is 0 Å². The van der Waals surface area contributed by atoms with Gasteiger partial charge in [0.05, 0.1) is 9.40 Å². The van der Waals surface area contributed by atoms with E-state index >= 15 is 0 Å². The third-order valence-corrected chi connectivity index (χ3v) is 3.57. The van der Waals surface area contributed by atoms with Crippen molar-refractivity contribution in [2.75, 3.05) is 18.0 Å². The summed E-state index contributed by atoms with van der Waals surface area (Å²) in [5.74, 6) is 0.881. The lowest BCUT2D eigenvalue weighted by atomic mass is 9.99. The van der Waals surface area contributed by atoms with Crippen LogP contribution in [0.5, 0.6) is 0 Å². The predicted octanol–water partition coefficient (Wildman–Crippen LogP) is 2.17. The molecule has 1 aromatic rings. The van der Waals surface area contributed by atoms with Gasteiger partial charge in [0.15, 0.2) is 0 Å². The molecule has 1 unspecified atom stereocenters. The topological polar surface area (TPSA) is 76.3 Å². The summed E-state index contributed by atoms with van der Waals surface area (Å²) in [5.41, 5.74) is -0.0493. The molecule has 0 saturated carbocycles. The molecule has 1 aliphatic heterocycles. The molecular weight excluding hydrogens is 302 g/mol. The lowest BCUT2D eigenvalue weighted by Crippen LogP contribution is -2.40. The van der Waals surface area contributed by atoms with Crippen LogP contribution in [0.3, 0.4) is 0 Å². The zero-order chi connectivity index (χ0) is 13.3. The van der Waals surface area contributed by atoms with Gasteiger partial charge in [-0.05, 0) is 15.9 Å². The summed E-state index contributed by atoms with van der Waals surface area (Å²) in [5, 5.41) is 10.6. The Kier molecular flexibility index (Phi) is 3.60. The van der Waals surface area contributed by atoms with Crippen molar-refractivity contribution in [3.05, 3.63) is 26.9 Å². The van der Waals surface area contributed by atoms with Crippen molar-refractivity contribution in [1.29, 1.82) is 0 Å². The number of anilines is 1. The first kappa shape index (κ1) is 12.9. The molecule has 0 radical (unpaired) electrons. The molecule has 0 bridgehead atoms. The molecule has 7 heteroatoms. The summed E-state index contributed by atoms with van der Waals surface area (Å²) in [6.45, 7) is 3.09. The van der Waals surface area contributed by atoms with Crippen LogP contribution in [-0.4, -0.2) is 28.8 Å². The first-order chi connectivity index (χ1) is 8.49. The fraction of sp³-hybridized carbons (Fsp3) is 0.455. The van der Waals surface area contributed by atoms with Crippen LogP contribution >= 0.6 is 15.9 Å². The lowest BCUT2D eigenvalue weighted by molar-refractivity contribution is -0.385. The Labute approximate surface area is 112 Å². The number of ketones is 1. The highest BCUT2D eigenvalue weighted by atomic mass is 79.9. The van der Waals surface area contributed by atoms with E-state index in [2.05, 4.69) is 20.9 Å². The van der Waals surface area contributed by atoms with Gasteiger partial charge in [0.2, 0.25) is 0 Å². The maximum absolute atomic E-state index is 11.5. The van der Waals surface area contributed by atoms with Gasteiger partial charge in [-0.1, -0.05) is 6.92 Å². The van der Waals surface area contributed by atoms with Crippen LogP contribution in [0.1, 0.15) is 13.3 Å². The number of aromatic nitrogens is 1. The van der Waals surface area contributed by atoms with Gasteiger partial charge in [0.1, 0.15) is 17.8 Å². The second kappa shape index (κ2) is 5.01. The number of nitro groups is 1. The monoisotopic (exact) mass is 313 g/mol. The number of pyridine rings is 1. The fourth-order valence-electron chi connectivity index (χ4n) is 1.96. The molecule has 0 spiro atoms. The molecule has 1 aliphatic rings. The van der Waals surface area contributed by atoms with E-state index in [0.717, 1.165) is 0 Å². The number of hydrogen-bond acceptors (Lipinski definition) is 5. The minimum Gasteiger partial charge on any atom is -0.355 e. The molecule has 18 heavy (non-hydrogen) atoms. The van der Waals surface area contributed by atoms with E-state index < -0.39 is 4.92 Å². The van der Waals surface area contributed by atoms with Crippen molar-refractivity contribution in [2.24, 2.45) is 5.92 Å². The average Bonchev–Trinajstić information content (AvgIpc) is 2.32. The highest BCUT2D eigenvalue weighted by molar-refractivity contribution is 9.10. The minimum atomic E-state index is -0.482. The Hall–Kier alpha value is -1.50. The number of hydrogen-bond donors (Lipinski definition) is 0. The van der Waals surface area contributed by atoms with Crippen molar-refractivity contribution < 1.29 is 9.72 Å². The summed E-state index contributed by atoms with van der Waals surface area (Å²) < 4.78 is 0.582. The van der Waals surface area contributed by atoms with E-state index in [-0.39, 0.29) is 17.4 Å². The molecule has 0 N–H and O–H groups in total. The van der Waals surface area contributed by atoms with Crippen LogP contribution in [0.15, 0.2) is 16.7 Å². The van der Waals surface area contributed by atoms with Crippen molar-refractivity contribution in [3.63, 3.8) is 0 Å². The Balaban J connectivity index is 2.24. The fourth-order valence-corrected chi connectivity index (χ4v) is 2.55. The van der Waals surface area contributed by atoms with Crippen LogP contribution in [0, 0.1) is 16.0 Å². The normalized spacial score (nSPS) is 20.0. The zero-order valence-electron chi connectivity index (χ0n) is 9.80. The standard InChI is InChI=1S/C11H12BrN3O3/c1-7-6-14(3-2-10(7)16)11-9(12)4-8(5-13-11)15(17)18/h4-5,7H,2-3,6H2,1H3. The molecule has 1 saturated heterocycles. The summed E-state index contributed by atoms with van der Waals surface area (Å²) in [6, 6.07) is 1.43. The number of piperidine rings is 1. The van der Waals surface area contributed by atoms with Gasteiger partial charge in [-0.3, -0.25) is 14.9 Å². The SMILES string of the molecule is CC1CN(c2ncc([N+](=O)[O-])cc2Br)CCC1=O. The number of rotatable bonds is 2. The zero-order valence-corrected chi connectivity index (χ0v) is 11.4. The number of halogens is 1. The van der Waals surface area contributed by atoms with E-state index in [9.17, 15) is 14.9 Å². The number of Topliss-reactive ketones (excluding diaryl/α,β-unsaturated/α-hetero) is 1. The number of carbonyl (C=O) groups is 1. The van der Waals surface area contributed by atoms with Crippen molar-refractivity contribution in [2.45, 2.75) is 13.3 Å². The van der Waals surface area contributed by atoms with Crippen molar-refractivity contribution in [3.8, 4) is 0 Å². The van der Waals surface area contributed by atoms with Crippen molar-refractivity contribution in [1.82, 2.24) is 4.98 Å². The lowest BCUT2D eigenvalue weighted by Gasteiger charge is -2.31. The molecule has 2 heterocycles. The van der Waals surface area contributed by atoms with Crippen LogP contribution in [0.2, 0.25) is 0 Å². The number of nitrogens with zero attached hydrogens (tertiary/aromatic N) is 3. The van der Waals surface area contributed by atoms with Gasteiger partial charge in [-0.2, -0.15) is 0 Å². The highest BCUT2D eigenvalue weighted by Crippen LogP contribution is 2.29. The summed E-state index contributed by atoms with van der Waals surface area (Å²) >= 11 is 3.29. The molecule has 0 aromatic carbocycles. The average molecular weight is 314 g/mol. The Morgan fingerprint density at radius 3 is 2.89 bits per heavy atom. The quantitative estimate of drug-likeness (QED) is 0.617. The molecule has 2 rings (SSSR count). The molecule has 6 nitrogen and oxygen atoms in total. The number of carbonyl (C=O) groups excluding carboxylic acids is 1. The van der Waals surface area contributed by atoms with E-state index in [0.29, 0.717) is 29.8 Å². The van der Waals surface area contributed by atoms with Gasteiger partial charge < -0.3 is 4.90 Å². The molecule has 0 aliphatic carbocycles.